The molecule has 0 spiro atoms. The maximum Gasteiger partial charge on any atom is 0.282 e. The summed E-state index contributed by atoms with van der Waals surface area (Å²) in [6.07, 6.45) is 6.41. The maximum atomic E-state index is 13.1. The number of rotatable bonds is 10. The van der Waals surface area contributed by atoms with Crippen LogP contribution in [0, 0.1) is 11.8 Å². The molecule has 0 bridgehead atoms. The number of fused-ring (bicyclic) bond motifs is 2. The van der Waals surface area contributed by atoms with E-state index in [2.05, 4.69) is 21.3 Å². The van der Waals surface area contributed by atoms with Crippen LogP contribution in [0.4, 0.5) is 4.79 Å². The Labute approximate surface area is 255 Å². The lowest BCUT2D eigenvalue weighted by Gasteiger charge is -2.39. The van der Waals surface area contributed by atoms with Crippen molar-refractivity contribution in [1.82, 2.24) is 19.6 Å². The van der Waals surface area contributed by atoms with E-state index in [1.54, 1.807) is 25.4 Å². The zero-order chi connectivity index (χ0) is 30.0. The first-order chi connectivity index (χ1) is 20.9. The molecule has 2 aliphatic rings. The molecular weight excluding hydrogens is 585 g/mol. The quantitative estimate of drug-likeness (QED) is 0.210. The lowest BCUT2D eigenvalue weighted by Crippen LogP contribution is -2.44. The van der Waals surface area contributed by atoms with Gasteiger partial charge in [-0.05, 0) is 72.7 Å². The molecule has 1 amide bonds. The van der Waals surface area contributed by atoms with E-state index in [0.29, 0.717) is 18.2 Å². The normalized spacial score (nSPS) is 20.9. The second kappa shape index (κ2) is 12.4. The molecule has 1 N–H and O–H groups in total. The molecule has 2 aromatic carbocycles. The van der Waals surface area contributed by atoms with Crippen molar-refractivity contribution in [2.75, 3.05) is 20.2 Å². The Bertz CT molecular complexity index is 1730. The van der Waals surface area contributed by atoms with Gasteiger partial charge in [-0.2, -0.15) is 0 Å². The number of carbonyl (C=O) groups is 1. The van der Waals surface area contributed by atoms with Gasteiger partial charge in [0.2, 0.25) is 15.9 Å². The van der Waals surface area contributed by atoms with Crippen molar-refractivity contribution in [2.24, 2.45) is 11.8 Å². The fraction of sp³-hybridized carbons (Fsp3) is 0.281. The highest BCUT2D eigenvalue weighted by atomic mass is 32.2. The Kier molecular flexibility index (Phi) is 8.38. The average molecular weight is 617 g/mol. The number of para-hydroxylation sites is 1. The molecule has 4 heterocycles. The van der Waals surface area contributed by atoms with Gasteiger partial charge in [0, 0.05) is 36.8 Å². The molecule has 6 rings (SSSR count). The second-order valence-electron chi connectivity index (χ2n) is 10.6. The average Bonchev–Trinajstić information content (AvgIpc) is 3.36. The first-order valence-electron chi connectivity index (χ1n) is 14.1. The van der Waals surface area contributed by atoms with Crippen LogP contribution in [-0.2, 0) is 10.0 Å². The molecule has 0 saturated carbocycles. The van der Waals surface area contributed by atoms with Crippen LogP contribution in [0.25, 0.3) is 10.9 Å². The van der Waals surface area contributed by atoms with Gasteiger partial charge in [0.15, 0.2) is 0 Å². The number of pyridine rings is 2. The van der Waals surface area contributed by atoms with Gasteiger partial charge in [0.1, 0.15) is 16.4 Å². The van der Waals surface area contributed by atoms with Crippen LogP contribution < -0.4 is 14.2 Å². The Balaban J connectivity index is 1.15. The highest BCUT2D eigenvalue weighted by Gasteiger charge is 2.46. The third kappa shape index (κ3) is 6.11. The number of methoxy groups -OCH3 is 1. The lowest BCUT2D eigenvalue weighted by atomic mass is 9.79. The number of nitrogens with zero attached hydrogens (tertiary/aromatic N) is 3. The maximum absolute atomic E-state index is 13.1. The van der Waals surface area contributed by atoms with Crippen molar-refractivity contribution < 1.29 is 22.7 Å². The molecule has 43 heavy (non-hydrogen) atoms. The number of aromatic nitrogens is 2. The minimum absolute atomic E-state index is 0.0199. The van der Waals surface area contributed by atoms with Crippen LogP contribution in [0.5, 0.6) is 17.4 Å². The standard InChI is InChI=1S/C32H32N4O5S2/c1-3-21(19-35-43(38,39)25-10-12-30(34-20-25)41-23-7-5-4-6-8-23)22-14-16-36-29(17-22)31(42-32(36)37)26-13-15-33-28-11-9-24(40-2)18-27(26)28/h3-13,15,18,20-22,29,31,35H,1,14,16-17,19H2,2H3/t21-,22-,29-,31-/m0/s1. The van der Waals surface area contributed by atoms with E-state index in [1.165, 1.54) is 30.1 Å². The summed E-state index contributed by atoms with van der Waals surface area (Å²) < 4.78 is 40.2. The molecular formula is C32H32N4O5S2. The van der Waals surface area contributed by atoms with E-state index in [1.807, 2.05) is 53.4 Å². The summed E-state index contributed by atoms with van der Waals surface area (Å²) in [5.74, 6) is 1.70. The predicted molar refractivity (Wildman–Crippen MR) is 167 cm³/mol. The summed E-state index contributed by atoms with van der Waals surface area (Å²) in [5, 5.41) is 0.972. The van der Waals surface area contributed by atoms with Gasteiger partial charge >= 0.3 is 0 Å². The van der Waals surface area contributed by atoms with Crippen molar-refractivity contribution >= 4 is 37.9 Å². The Morgan fingerprint density at radius 2 is 1.95 bits per heavy atom. The van der Waals surface area contributed by atoms with Crippen LogP contribution in [0.3, 0.4) is 0 Å². The number of thioether (sulfide) groups is 1. The van der Waals surface area contributed by atoms with E-state index < -0.39 is 10.0 Å². The zero-order valence-electron chi connectivity index (χ0n) is 23.6. The van der Waals surface area contributed by atoms with Crippen LogP contribution in [0.1, 0.15) is 23.7 Å². The number of nitrogens with one attached hydrogen (secondary N) is 1. The van der Waals surface area contributed by atoms with Crippen LogP contribution in [0.2, 0.25) is 0 Å². The smallest absolute Gasteiger partial charge is 0.282 e. The van der Waals surface area contributed by atoms with Crippen molar-refractivity contribution in [3.05, 3.63) is 97.3 Å². The van der Waals surface area contributed by atoms with Gasteiger partial charge in [0.05, 0.1) is 24.1 Å². The number of carbonyl (C=O) groups excluding carboxylic acids is 1. The van der Waals surface area contributed by atoms with Gasteiger partial charge in [-0.25, -0.2) is 18.1 Å². The minimum atomic E-state index is -3.81. The van der Waals surface area contributed by atoms with Crippen LogP contribution >= 0.6 is 11.8 Å². The molecule has 2 saturated heterocycles. The molecule has 11 heteroatoms. The largest absolute Gasteiger partial charge is 0.497 e. The van der Waals surface area contributed by atoms with E-state index >= 15 is 0 Å². The minimum Gasteiger partial charge on any atom is -0.497 e. The highest BCUT2D eigenvalue weighted by molar-refractivity contribution is 8.14. The van der Waals surface area contributed by atoms with Crippen molar-refractivity contribution in [1.29, 1.82) is 0 Å². The Morgan fingerprint density at radius 3 is 2.70 bits per heavy atom. The Hall–Kier alpha value is -3.93. The first-order valence-corrected chi connectivity index (χ1v) is 16.4. The number of hydrogen-bond acceptors (Lipinski definition) is 8. The third-order valence-corrected chi connectivity index (χ3v) is 10.9. The fourth-order valence-corrected chi connectivity index (χ4v) is 8.25. The molecule has 9 nitrogen and oxygen atoms in total. The number of ether oxygens (including phenoxy) is 2. The molecule has 2 aliphatic heterocycles. The van der Waals surface area contributed by atoms with Crippen LogP contribution in [-0.4, -0.2) is 54.8 Å². The monoisotopic (exact) mass is 616 g/mol. The van der Waals surface area contributed by atoms with E-state index in [0.717, 1.165) is 35.1 Å². The number of sulfonamides is 1. The summed E-state index contributed by atoms with van der Waals surface area (Å²) in [6.45, 7) is 4.85. The summed E-state index contributed by atoms with van der Waals surface area (Å²) in [7, 11) is -2.17. The lowest BCUT2D eigenvalue weighted by molar-refractivity contribution is 0.135. The molecule has 222 valence electrons. The molecule has 2 aromatic heterocycles. The SMILES string of the molecule is C=C[C@@H](CNS(=O)(=O)c1ccc(Oc2ccccc2)nc1)[C@H]1CCN2C(=O)S[C@@H](c3ccnc4ccc(OC)cc34)[C@@H]2C1. The Morgan fingerprint density at radius 1 is 1.12 bits per heavy atom. The van der Waals surface area contributed by atoms with Gasteiger partial charge < -0.3 is 14.4 Å². The number of benzene rings is 2. The van der Waals surface area contributed by atoms with E-state index in [9.17, 15) is 13.2 Å². The highest BCUT2D eigenvalue weighted by Crippen LogP contribution is 2.50. The van der Waals surface area contributed by atoms with E-state index in [4.69, 9.17) is 9.47 Å². The van der Waals surface area contributed by atoms with Crippen molar-refractivity contribution in [3.8, 4) is 17.4 Å². The molecule has 2 fully saturated rings. The van der Waals surface area contributed by atoms with Crippen molar-refractivity contribution in [2.45, 2.75) is 29.0 Å². The van der Waals surface area contributed by atoms with Gasteiger partial charge in [0.25, 0.3) is 5.24 Å². The topological polar surface area (TPSA) is 111 Å². The predicted octanol–water partition coefficient (Wildman–Crippen LogP) is 6.20. The van der Waals surface area contributed by atoms with Gasteiger partial charge in [-0.1, -0.05) is 36.0 Å². The first kappa shape index (κ1) is 29.2. The van der Waals surface area contributed by atoms with Gasteiger partial charge in [-0.15, -0.1) is 6.58 Å². The van der Waals surface area contributed by atoms with Crippen molar-refractivity contribution in [3.63, 3.8) is 0 Å². The number of piperidine rings is 1. The molecule has 0 unspecified atom stereocenters. The summed E-state index contributed by atoms with van der Waals surface area (Å²) in [6, 6.07) is 19.9. The van der Waals surface area contributed by atoms with E-state index in [-0.39, 0.29) is 39.8 Å². The molecule has 0 aliphatic carbocycles. The van der Waals surface area contributed by atoms with Gasteiger partial charge in [-0.3, -0.25) is 9.78 Å². The second-order valence-corrected chi connectivity index (χ2v) is 13.5. The molecule has 4 atom stereocenters. The number of amides is 1. The summed E-state index contributed by atoms with van der Waals surface area (Å²) in [4.78, 5) is 23.8. The number of hydrogen-bond donors (Lipinski definition) is 1. The fourth-order valence-electron chi connectivity index (χ4n) is 5.90. The molecule has 4 aromatic rings. The zero-order valence-corrected chi connectivity index (χ0v) is 25.3. The molecule has 0 radical (unpaired) electrons. The van der Waals surface area contributed by atoms with Crippen LogP contribution in [0.15, 0.2) is 96.7 Å². The summed E-state index contributed by atoms with van der Waals surface area (Å²) >= 11 is 1.35. The third-order valence-electron chi connectivity index (χ3n) is 8.19. The summed E-state index contributed by atoms with van der Waals surface area (Å²) in [5.41, 5.74) is 1.91.